The lowest BCUT2D eigenvalue weighted by molar-refractivity contribution is -0.116. The molecule has 31 heavy (non-hydrogen) atoms. The van der Waals surface area contributed by atoms with Crippen LogP contribution >= 0.6 is 0 Å². The summed E-state index contributed by atoms with van der Waals surface area (Å²) < 4.78 is 66.8. The molecule has 0 aromatic heterocycles. The van der Waals surface area contributed by atoms with Gasteiger partial charge in [0, 0.05) is 11.8 Å². The van der Waals surface area contributed by atoms with E-state index in [1.165, 1.54) is 11.6 Å². The molecule has 0 spiro atoms. The molecule has 0 N–H and O–H groups in total. The van der Waals surface area contributed by atoms with Crippen molar-refractivity contribution in [1.29, 1.82) is 0 Å². The summed E-state index contributed by atoms with van der Waals surface area (Å²) in [6.07, 6.45) is 10.9. The Morgan fingerprint density at radius 1 is 1.03 bits per heavy atom. The van der Waals surface area contributed by atoms with Crippen molar-refractivity contribution >= 4 is 15.9 Å². The zero-order valence-corrected chi connectivity index (χ0v) is 18.5. The van der Waals surface area contributed by atoms with Gasteiger partial charge in [0.2, 0.25) is 0 Å². The second-order valence-electron chi connectivity index (χ2n) is 10.4. The van der Waals surface area contributed by atoms with Gasteiger partial charge >= 0.3 is 15.6 Å². The summed E-state index contributed by atoms with van der Waals surface area (Å²) in [5.41, 5.74) is -4.09. The molecule has 3 saturated carbocycles. The number of rotatable bonds is 3. The normalized spacial score (nSPS) is 40.2. The van der Waals surface area contributed by atoms with Gasteiger partial charge in [-0.25, -0.2) is 0 Å². The van der Waals surface area contributed by atoms with Gasteiger partial charge in [-0.1, -0.05) is 24.1 Å². The van der Waals surface area contributed by atoms with Crippen LogP contribution in [0.5, 0.6) is 0 Å². The van der Waals surface area contributed by atoms with Crippen LogP contribution in [0.3, 0.4) is 0 Å². The summed E-state index contributed by atoms with van der Waals surface area (Å²) in [6.45, 7) is 4.07. The molecule has 5 aliphatic rings. The molecule has 8 heteroatoms. The van der Waals surface area contributed by atoms with Crippen LogP contribution in [0.15, 0.2) is 35.1 Å². The summed E-state index contributed by atoms with van der Waals surface area (Å²) in [5, 5.41) is 0. The molecule has 4 nitrogen and oxygen atoms in total. The predicted molar refractivity (Wildman–Crippen MR) is 108 cm³/mol. The van der Waals surface area contributed by atoms with Crippen molar-refractivity contribution in [3.8, 4) is 0 Å². The third-order valence-corrected chi connectivity index (χ3v) is 9.67. The van der Waals surface area contributed by atoms with Crippen molar-refractivity contribution in [1.82, 2.24) is 0 Å². The van der Waals surface area contributed by atoms with Crippen molar-refractivity contribution in [2.75, 3.05) is 0 Å². The van der Waals surface area contributed by atoms with E-state index in [9.17, 15) is 26.4 Å². The molecule has 0 bridgehead atoms. The molecular weight excluding hydrogens is 429 g/mol. The highest BCUT2D eigenvalue weighted by Gasteiger charge is 2.60. The maximum atomic E-state index is 12.9. The largest absolute Gasteiger partial charge is 0.534 e. The average Bonchev–Trinajstić information content (AvgIpc) is 3.45. The standard InChI is InChI=1S/C23H27F3O4S/c1-21-9-7-14(27)11-19(21)15(13-3-4-13)12-16-17-5-6-20(22(17,2)10-8-18(16)21)30-31(28,29)23(24,25)26/h5-6,11,13,15-16,18H,3-4,7-10,12H2,1-2H3/t15?,16-,18-,21+,22-/m0/s1. The molecule has 0 radical (unpaired) electrons. The SMILES string of the molecule is C[C@]12CC[C@H]3[C@@H](CC(C4CC4)C4=CC(=O)CC[C@@]43C)C1=CC=C2OS(=O)(=O)C(F)(F)F. The maximum Gasteiger partial charge on any atom is 0.534 e. The minimum Gasteiger partial charge on any atom is -0.380 e. The second kappa shape index (κ2) is 6.49. The van der Waals surface area contributed by atoms with E-state index in [1.807, 2.05) is 13.0 Å². The Balaban J connectivity index is 1.48. The number of hydrogen-bond donors (Lipinski definition) is 0. The van der Waals surface area contributed by atoms with Gasteiger partial charge < -0.3 is 4.18 Å². The number of carbonyl (C=O) groups is 1. The molecule has 5 atom stereocenters. The molecular formula is C23H27F3O4S. The number of hydrogen-bond acceptors (Lipinski definition) is 4. The van der Waals surface area contributed by atoms with E-state index in [-0.39, 0.29) is 22.9 Å². The zero-order chi connectivity index (χ0) is 22.4. The van der Waals surface area contributed by atoms with Gasteiger partial charge in [-0.15, -0.1) is 0 Å². The van der Waals surface area contributed by atoms with E-state index in [1.54, 1.807) is 6.08 Å². The van der Waals surface area contributed by atoms with E-state index in [4.69, 9.17) is 0 Å². The van der Waals surface area contributed by atoms with Crippen LogP contribution < -0.4 is 0 Å². The molecule has 0 heterocycles. The molecule has 3 fully saturated rings. The van der Waals surface area contributed by atoms with Gasteiger partial charge in [0.1, 0.15) is 5.76 Å². The number of halogens is 3. The Bertz CT molecular complexity index is 1030. The highest BCUT2D eigenvalue weighted by molar-refractivity contribution is 7.87. The summed E-state index contributed by atoms with van der Waals surface area (Å²) in [4.78, 5) is 12.2. The first-order valence-electron chi connectivity index (χ1n) is 11.1. The number of alkyl halides is 3. The Hall–Kier alpha value is -1.57. The zero-order valence-electron chi connectivity index (χ0n) is 17.7. The maximum absolute atomic E-state index is 12.9. The van der Waals surface area contributed by atoms with Crippen LogP contribution in [-0.4, -0.2) is 19.7 Å². The minimum absolute atomic E-state index is 0.0894. The molecule has 1 unspecified atom stereocenters. The van der Waals surface area contributed by atoms with E-state index in [0.717, 1.165) is 37.7 Å². The molecule has 0 aromatic carbocycles. The number of allylic oxidation sites excluding steroid dienone is 5. The van der Waals surface area contributed by atoms with Crippen LogP contribution in [-0.2, 0) is 19.1 Å². The Morgan fingerprint density at radius 3 is 2.39 bits per heavy atom. The summed E-state index contributed by atoms with van der Waals surface area (Å²) in [7, 11) is -5.70. The predicted octanol–water partition coefficient (Wildman–Crippen LogP) is 5.43. The fourth-order valence-corrected chi connectivity index (χ4v) is 7.46. The van der Waals surface area contributed by atoms with E-state index in [0.29, 0.717) is 30.6 Å². The fraction of sp³-hybridized carbons (Fsp3) is 0.696. The third-order valence-electron chi connectivity index (χ3n) is 8.70. The summed E-state index contributed by atoms with van der Waals surface area (Å²) in [6, 6.07) is 0. The molecule has 0 aromatic rings. The van der Waals surface area contributed by atoms with Crippen LogP contribution in [0.2, 0.25) is 0 Å². The fourth-order valence-electron chi connectivity index (χ4n) is 6.89. The van der Waals surface area contributed by atoms with Crippen LogP contribution in [0.25, 0.3) is 0 Å². The average molecular weight is 457 g/mol. The van der Waals surface area contributed by atoms with E-state index in [2.05, 4.69) is 11.1 Å². The Kier molecular flexibility index (Phi) is 4.45. The van der Waals surface area contributed by atoms with Crippen LogP contribution in [0.1, 0.15) is 58.8 Å². The van der Waals surface area contributed by atoms with E-state index >= 15 is 0 Å². The van der Waals surface area contributed by atoms with Crippen molar-refractivity contribution in [2.45, 2.75) is 64.3 Å². The molecule has 5 rings (SSSR count). The summed E-state index contributed by atoms with van der Waals surface area (Å²) in [5.74, 6) is 1.43. The molecule has 0 aliphatic heterocycles. The van der Waals surface area contributed by atoms with Crippen molar-refractivity contribution in [3.05, 3.63) is 35.1 Å². The van der Waals surface area contributed by atoms with Crippen molar-refractivity contribution in [2.24, 2.45) is 34.5 Å². The first-order chi connectivity index (χ1) is 14.4. The topological polar surface area (TPSA) is 60.4 Å². The van der Waals surface area contributed by atoms with E-state index < -0.39 is 21.0 Å². The summed E-state index contributed by atoms with van der Waals surface area (Å²) >= 11 is 0. The lowest BCUT2D eigenvalue weighted by Crippen LogP contribution is -2.50. The number of fused-ring (bicyclic) bond motifs is 5. The van der Waals surface area contributed by atoms with Gasteiger partial charge in [0.15, 0.2) is 5.78 Å². The third kappa shape index (κ3) is 3.07. The van der Waals surface area contributed by atoms with Gasteiger partial charge in [-0.05, 0) is 86.7 Å². The van der Waals surface area contributed by atoms with Gasteiger partial charge in [0.05, 0.1) is 0 Å². The second-order valence-corrected chi connectivity index (χ2v) is 11.9. The molecule has 5 aliphatic carbocycles. The molecule has 170 valence electrons. The quantitative estimate of drug-likeness (QED) is 0.419. The van der Waals surface area contributed by atoms with Crippen LogP contribution in [0, 0.1) is 34.5 Å². The Morgan fingerprint density at radius 2 is 1.74 bits per heavy atom. The lowest BCUT2D eigenvalue weighted by Gasteiger charge is -2.58. The smallest absolute Gasteiger partial charge is 0.380 e. The van der Waals surface area contributed by atoms with Crippen molar-refractivity contribution < 1.29 is 30.6 Å². The van der Waals surface area contributed by atoms with Gasteiger partial charge in [-0.3, -0.25) is 4.79 Å². The number of carbonyl (C=O) groups excluding carboxylic acids is 1. The monoisotopic (exact) mass is 456 g/mol. The highest BCUT2D eigenvalue weighted by atomic mass is 32.2. The first-order valence-corrected chi connectivity index (χ1v) is 12.5. The van der Waals surface area contributed by atoms with Gasteiger partial charge in [-0.2, -0.15) is 21.6 Å². The first kappa shape index (κ1) is 21.3. The highest BCUT2D eigenvalue weighted by Crippen LogP contribution is 2.67. The lowest BCUT2D eigenvalue weighted by atomic mass is 9.46. The molecule has 0 saturated heterocycles. The van der Waals surface area contributed by atoms with Gasteiger partial charge in [0.25, 0.3) is 0 Å². The Labute approximate surface area is 180 Å². The molecule has 0 amide bonds. The van der Waals surface area contributed by atoms with Crippen molar-refractivity contribution in [3.63, 3.8) is 0 Å². The number of ketones is 1. The van der Waals surface area contributed by atoms with Crippen LogP contribution in [0.4, 0.5) is 13.2 Å². The minimum atomic E-state index is -5.70.